The average Bonchev–Trinajstić information content (AvgIpc) is 3.26. The molecule has 0 spiro atoms. The maximum atomic E-state index is 14.9. The Morgan fingerprint density at radius 1 is 0.647 bits per heavy atom. The van der Waals surface area contributed by atoms with Crippen molar-refractivity contribution in [2.75, 3.05) is 0 Å². The molecule has 174 valence electrons. The zero-order valence-corrected chi connectivity index (χ0v) is 16.7. The molecule has 2 unspecified atom stereocenters. The summed E-state index contributed by atoms with van der Waals surface area (Å²) in [5.41, 5.74) is -4.68. The molecule has 0 N–H and O–H groups in total. The van der Waals surface area contributed by atoms with E-state index in [1.165, 1.54) is 0 Å². The molecule has 0 radical (unpaired) electrons. The normalized spacial score (nSPS) is 26.6. The van der Waals surface area contributed by atoms with Crippen molar-refractivity contribution in [3.8, 4) is 11.3 Å². The molecular formula is C22H10F8N4. The van der Waals surface area contributed by atoms with Gasteiger partial charge in [-0.25, -0.2) is 17.6 Å². The van der Waals surface area contributed by atoms with Crippen molar-refractivity contribution in [2.24, 2.45) is 17.8 Å². The van der Waals surface area contributed by atoms with Crippen LogP contribution in [0.2, 0.25) is 0 Å². The summed E-state index contributed by atoms with van der Waals surface area (Å²) in [6.45, 7) is 0. The summed E-state index contributed by atoms with van der Waals surface area (Å²) in [6.07, 6.45) is 4.56. The van der Waals surface area contributed by atoms with Crippen LogP contribution in [0.1, 0.15) is 24.1 Å². The maximum Gasteiger partial charge on any atom is 0.252 e. The number of nitrogens with zero attached hydrogens (tertiary/aromatic N) is 4. The van der Waals surface area contributed by atoms with E-state index in [-0.39, 0.29) is 17.2 Å². The lowest BCUT2D eigenvalue weighted by Crippen LogP contribution is -2.29. The number of allylic oxidation sites excluding steroid dienone is 2. The second-order valence-corrected chi connectivity index (χ2v) is 8.54. The average molecular weight is 482 g/mol. The van der Waals surface area contributed by atoms with Crippen molar-refractivity contribution < 1.29 is 35.1 Å². The highest BCUT2D eigenvalue weighted by atomic mass is 19.2. The second kappa shape index (κ2) is 6.80. The van der Waals surface area contributed by atoms with Crippen molar-refractivity contribution >= 4 is 5.57 Å². The fourth-order valence-electron chi connectivity index (χ4n) is 5.94. The highest BCUT2D eigenvalue weighted by Crippen LogP contribution is 2.78. The van der Waals surface area contributed by atoms with E-state index in [4.69, 9.17) is 0 Å². The third kappa shape index (κ3) is 2.48. The van der Waals surface area contributed by atoms with E-state index in [1.54, 1.807) is 6.08 Å². The SMILES string of the molecule is Fc1nc(F)c(F)c(-c2nccnc2C2=CC3CC4C(C3)C24c2c(F)c(F)nc(F)c2F)c1F. The second-order valence-electron chi connectivity index (χ2n) is 8.54. The molecule has 2 saturated carbocycles. The van der Waals surface area contributed by atoms with Crippen LogP contribution in [0.3, 0.4) is 0 Å². The molecule has 0 saturated heterocycles. The van der Waals surface area contributed by atoms with Gasteiger partial charge in [0, 0.05) is 23.4 Å². The standard InChI is InChI=1S/C22H10F8N4/c23-12-10(13(24)19(28)33-18(12)27)17-16(31-1-2-32-17)9-5-6-3-7-8(4-6)22(7,9)11-14(25)20(29)34-21(30)15(11)26/h1-2,5-8H,3-4H2. The van der Waals surface area contributed by atoms with Crippen molar-refractivity contribution in [3.63, 3.8) is 0 Å². The first-order chi connectivity index (χ1) is 16.2. The number of pyridine rings is 2. The van der Waals surface area contributed by atoms with Gasteiger partial charge in [0.05, 0.1) is 11.3 Å². The van der Waals surface area contributed by atoms with Gasteiger partial charge in [-0.05, 0) is 36.2 Å². The molecule has 4 nitrogen and oxygen atoms in total. The van der Waals surface area contributed by atoms with Crippen molar-refractivity contribution in [1.29, 1.82) is 0 Å². The quantitative estimate of drug-likeness (QED) is 0.388. The summed E-state index contributed by atoms with van der Waals surface area (Å²) in [4.78, 5) is 13.0. The molecule has 0 aromatic carbocycles. The number of halogens is 8. The Hall–Kier alpha value is -3.44. The molecule has 7 rings (SSSR count). The van der Waals surface area contributed by atoms with E-state index in [0.717, 1.165) is 12.4 Å². The first-order valence-electron chi connectivity index (χ1n) is 10.1. The topological polar surface area (TPSA) is 51.6 Å². The van der Waals surface area contributed by atoms with Gasteiger partial charge in [-0.3, -0.25) is 9.97 Å². The van der Waals surface area contributed by atoms with Gasteiger partial charge in [0.25, 0.3) is 23.8 Å². The zero-order valence-electron chi connectivity index (χ0n) is 16.7. The largest absolute Gasteiger partial charge is 0.253 e. The first kappa shape index (κ1) is 21.1. The molecule has 3 aromatic heterocycles. The van der Waals surface area contributed by atoms with Crippen molar-refractivity contribution in [3.05, 3.63) is 76.8 Å². The van der Waals surface area contributed by atoms with Gasteiger partial charge in [0.15, 0.2) is 23.3 Å². The summed E-state index contributed by atoms with van der Waals surface area (Å²) >= 11 is 0. The minimum absolute atomic E-state index is 0.0207. The number of hydrogen-bond acceptors (Lipinski definition) is 4. The van der Waals surface area contributed by atoms with Gasteiger partial charge < -0.3 is 0 Å². The van der Waals surface area contributed by atoms with E-state index < -0.39 is 81.1 Å². The Labute approximate surface area is 185 Å². The van der Waals surface area contributed by atoms with E-state index in [0.29, 0.717) is 12.8 Å². The van der Waals surface area contributed by atoms with Crippen LogP contribution < -0.4 is 0 Å². The van der Waals surface area contributed by atoms with E-state index in [2.05, 4.69) is 19.9 Å². The molecule has 2 atom stereocenters. The van der Waals surface area contributed by atoms with Crippen LogP contribution >= 0.6 is 0 Å². The number of aromatic nitrogens is 4. The third-order valence-corrected chi connectivity index (χ3v) is 7.11. The van der Waals surface area contributed by atoms with E-state index in [9.17, 15) is 35.1 Å². The molecule has 12 heteroatoms. The van der Waals surface area contributed by atoms with Crippen LogP contribution in [-0.4, -0.2) is 19.9 Å². The molecule has 4 bridgehead atoms. The lowest BCUT2D eigenvalue weighted by Gasteiger charge is -2.33. The molecule has 4 aliphatic carbocycles. The predicted octanol–water partition coefficient (Wildman–Crippen LogP) is 5.04. The molecule has 3 heterocycles. The minimum atomic E-state index is -1.93. The Kier molecular flexibility index (Phi) is 4.22. The molecule has 0 aliphatic heterocycles. The number of hydrogen-bond donors (Lipinski definition) is 0. The molecule has 2 fully saturated rings. The van der Waals surface area contributed by atoms with Crippen LogP contribution in [0.25, 0.3) is 16.8 Å². The number of rotatable bonds is 3. The van der Waals surface area contributed by atoms with Gasteiger partial charge in [0.2, 0.25) is 0 Å². The Morgan fingerprint density at radius 3 is 1.65 bits per heavy atom. The highest BCUT2D eigenvalue weighted by Gasteiger charge is 2.74. The van der Waals surface area contributed by atoms with Gasteiger partial charge in [-0.15, -0.1) is 0 Å². The van der Waals surface area contributed by atoms with Crippen LogP contribution in [0, 0.1) is 64.8 Å². The lowest BCUT2D eigenvalue weighted by atomic mass is 9.70. The Bertz CT molecular complexity index is 1370. The van der Waals surface area contributed by atoms with Crippen LogP contribution in [0.4, 0.5) is 35.1 Å². The van der Waals surface area contributed by atoms with E-state index in [1.807, 2.05) is 0 Å². The first-order valence-corrected chi connectivity index (χ1v) is 10.1. The summed E-state index contributed by atoms with van der Waals surface area (Å²) in [5.74, 6) is -15.6. The smallest absolute Gasteiger partial charge is 0.252 e. The fraction of sp³-hybridized carbons (Fsp3) is 0.273. The predicted molar refractivity (Wildman–Crippen MR) is 98.5 cm³/mol. The highest BCUT2D eigenvalue weighted by molar-refractivity contribution is 5.87. The van der Waals surface area contributed by atoms with Crippen molar-refractivity contribution in [2.45, 2.75) is 18.3 Å². The third-order valence-electron chi connectivity index (χ3n) is 7.11. The van der Waals surface area contributed by atoms with Gasteiger partial charge in [-0.2, -0.15) is 27.5 Å². The summed E-state index contributed by atoms with van der Waals surface area (Å²) < 4.78 is 115. The van der Waals surface area contributed by atoms with Crippen LogP contribution in [0.5, 0.6) is 0 Å². The summed E-state index contributed by atoms with van der Waals surface area (Å²) in [6, 6.07) is 0. The van der Waals surface area contributed by atoms with Gasteiger partial charge in [0.1, 0.15) is 5.69 Å². The molecule has 3 aromatic rings. The molecular weight excluding hydrogens is 472 g/mol. The maximum absolute atomic E-state index is 14.9. The molecule has 34 heavy (non-hydrogen) atoms. The van der Waals surface area contributed by atoms with Crippen LogP contribution in [0.15, 0.2) is 18.5 Å². The lowest BCUT2D eigenvalue weighted by molar-refractivity contribution is 0.373. The van der Waals surface area contributed by atoms with Gasteiger partial charge in [-0.1, -0.05) is 6.08 Å². The zero-order chi connectivity index (χ0) is 24.1. The van der Waals surface area contributed by atoms with Crippen molar-refractivity contribution in [1.82, 2.24) is 19.9 Å². The van der Waals surface area contributed by atoms with Crippen LogP contribution in [-0.2, 0) is 5.41 Å². The summed E-state index contributed by atoms with van der Waals surface area (Å²) in [7, 11) is 0. The Morgan fingerprint density at radius 2 is 1.12 bits per heavy atom. The Balaban J connectivity index is 1.64. The monoisotopic (exact) mass is 482 g/mol. The van der Waals surface area contributed by atoms with Gasteiger partial charge >= 0.3 is 0 Å². The minimum Gasteiger partial charge on any atom is -0.253 e. The van der Waals surface area contributed by atoms with E-state index >= 15 is 0 Å². The molecule has 0 amide bonds. The molecule has 4 aliphatic rings. The fourth-order valence-corrected chi connectivity index (χ4v) is 5.94. The summed E-state index contributed by atoms with van der Waals surface area (Å²) in [5, 5.41) is 0.